The zero-order chi connectivity index (χ0) is 13.2. The smallest absolute Gasteiger partial charge is 0.259 e. The van der Waals surface area contributed by atoms with Gasteiger partial charge in [-0.15, -0.1) is 0 Å². The Kier molecular flexibility index (Phi) is 3.27. The highest BCUT2D eigenvalue weighted by Gasteiger charge is 2.25. The summed E-state index contributed by atoms with van der Waals surface area (Å²) in [6.45, 7) is 4.83. The SMILES string of the molecule is Cc1cncc(-c2nc(C3CNCCN3C)no2)c1. The molecule has 3 heterocycles. The average Bonchev–Trinajstić information content (AvgIpc) is 2.89. The zero-order valence-electron chi connectivity index (χ0n) is 11.1. The van der Waals surface area contributed by atoms with Gasteiger partial charge in [-0.1, -0.05) is 5.16 Å². The molecule has 1 atom stereocenters. The minimum atomic E-state index is 0.170. The van der Waals surface area contributed by atoms with E-state index in [2.05, 4.69) is 32.4 Å². The molecule has 0 aromatic carbocycles. The Balaban J connectivity index is 1.86. The lowest BCUT2D eigenvalue weighted by Crippen LogP contribution is -2.44. The van der Waals surface area contributed by atoms with Crippen LogP contribution in [0.3, 0.4) is 0 Å². The van der Waals surface area contributed by atoms with Gasteiger partial charge in [0, 0.05) is 32.0 Å². The molecule has 19 heavy (non-hydrogen) atoms. The molecule has 6 nitrogen and oxygen atoms in total. The van der Waals surface area contributed by atoms with Gasteiger partial charge in [0.1, 0.15) is 0 Å². The predicted octanol–water partition coefficient (Wildman–Crippen LogP) is 1.02. The predicted molar refractivity (Wildman–Crippen MR) is 70.5 cm³/mol. The van der Waals surface area contributed by atoms with Crippen LogP contribution >= 0.6 is 0 Å². The molecule has 1 aliphatic rings. The molecule has 2 aromatic heterocycles. The second-order valence-corrected chi connectivity index (χ2v) is 4.91. The van der Waals surface area contributed by atoms with Crippen LogP contribution in [0.5, 0.6) is 0 Å². The van der Waals surface area contributed by atoms with Crippen molar-refractivity contribution in [2.75, 3.05) is 26.7 Å². The molecule has 2 aromatic rings. The van der Waals surface area contributed by atoms with Gasteiger partial charge < -0.3 is 9.84 Å². The fourth-order valence-corrected chi connectivity index (χ4v) is 2.25. The monoisotopic (exact) mass is 259 g/mol. The molecule has 3 rings (SSSR count). The lowest BCUT2D eigenvalue weighted by atomic mass is 10.2. The van der Waals surface area contributed by atoms with E-state index in [1.54, 1.807) is 12.4 Å². The molecule has 0 amide bonds. The summed E-state index contributed by atoms with van der Waals surface area (Å²) < 4.78 is 5.35. The Hall–Kier alpha value is -1.79. The number of aryl methyl sites for hydroxylation is 1. The molecular formula is C13H17N5O. The zero-order valence-corrected chi connectivity index (χ0v) is 11.1. The fourth-order valence-electron chi connectivity index (χ4n) is 2.25. The first-order chi connectivity index (χ1) is 9.24. The summed E-state index contributed by atoms with van der Waals surface area (Å²) in [6.07, 6.45) is 3.55. The van der Waals surface area contributed by atoms with Crippen molar-refractivity contribution in [2.45, 2.75) is 13.0 Å². The number of rotatable bonds is 2. The van der Waals surface area contributed by atoms with Crippen LogP contribution in [0.2, 0.25) is 0 Å². The van der Waals surface area contributed by atoms with Crippen LogP contribution in [0.1, 0.15) is 17.4 Å². The summed E-state index contributed by atoms with van der Waals surface area (Å²) in [4.78, 5) is 10.9. The molecule has 1 unspecified atom stereocenters. The van der Waals surface area contributed by atoms with Gasteiger partial charge >= 0.3 is 0 Å². The highest BCUT2D eigenvalue weighted by molar-refractivity contribution is 5.51. The van der Waals surface area contributed by atoms with Gasteiger partial charge in [-0.3, -0.25) is 9.88 Å². The highest BCUT2D eigenvalue weighted by atomic mass is 16.5. The van der Waals surface area contributed by atoms with Gasteiger partial charge in [0.2, 0.25) is 0 Å². The Morgan fingerprint density at radius 1 is 1.42 bits per heavy atom. The van der Waals surface area contributed by atoms with Crippen molar-refractivity contribution < 1.29 is 4.52 Å². The van der Waals surface area contributed by atoms with E-state index in [4.69, 9.17) is 4.52 Å². The van der Waals surface area contributed by atoms with E-state index in [0.29, 0.717) is 5.89 Å². The number of likely N-dealkylation sites (N-methyl/N-ethyl adjacent to an activating group) is 1. The van der Waals surface area contributed by atoms with Gasteiger partial charge in [-0.05, 0) is 25.6 Å². The van der Waals surface area contributed by atoms with Crippen molar-refractivity contribution in [1.29, 1.82) is 0 Å². The summed E-state index contributed by atoms with van der Waals surface area (Å²) in [5, 5.41) is 7.45. The first-order valence-corrected chi connectivity index (χ1v) is 6.40. The van der Waals surface area contributed by atoms with E-state index in [1.807, 2.05) is 13.0 Å². The molecule has 0 radical (unpaired) electrons. The third-order valence-electron chi connectivity index (χ3n) is 3.37. The van der Waals surface area contributed by atoms with Crippen molar-refractivity contribution in [2.24, 2.45) is 0 Å². The van der Waals surface area contributed by atoms with E-state index in [9.17, 15) is 0 Å². The highest BCUT2D eigenvalue weighted by Crippen LogP contribution is 2.22. The average molecular weight is 259 g/mol. The van der Waals surface area contributed by atoms with Crippen LogP contribution in [0.25, 0.3) is 11.5 Å². The quantitative estimate of drug-likeness (QED) is 0.868. The van der Waals surface area contributed by atoms with E-state index in [1.165, 1.54) is 0 Å². The number of pyridine rings is 1. The van der Waals surface area contributed by atoms with Crippen LogP contribution < -0.4 is 5.32 Å². The summed E-state index contributed by atoms with van der Waals surface area (Å²) in [7, 11) is 2.08. The fraction of sp³-hybridized carbons (Fsp3) is 0.462. The molecule has 1 saturated heterocycles. The molecule has 1 aliphatic heterocycles. The van der Waals surface area contributed by atoms with Gasteiger partial charge in [-0.2, -0.15) is 4.98 Å². The molecule has 0 spiro atoms. The molecule has 0 saturated carbocycles. The number of hydrogen-bond acceptors (Lipinski definition) is 6. The standard InChI is InChI=1S/C13H17N5O/c1-9-5-10(7-15-6-9)13-16-12(17-19-13)11-8-14-3-4-18(11)2/h5-7,11,14H,3-4,8H2,1-2H3. The largest absolute Gasteiger partial charge is 0.334 e. The maximum Gasteiger partial charge on any atom is 0.259 e. The molecule has 0 aliphatic carbocycles. The molecule has 6 heteroatoms. The Labute approximate surface area is 111 Å². The van der Waals surface area contributed by atoms with Crippen LogP contribution in [0.15, 0.2) is 23.0 Å². The van der Waals surface area contributed by atoms with Gasteiger partial charge in [0.05, 0.1) is 11.6 Å². The van der Waals surface area contributed by atoms with E-state index in [0.717, 1.165) is 36.6 Å². The minimum absolute atomic E-state index is 0.170. The number of nitrogens with zero attached hydrogens (tertiary/aromatic N) is 4. The lowest BCUT2D eigenvalue weighted by molar-refractivity contribution is 0.190. The number of piperazine rings is 1. The van der Waals surface area contributed by atoms with Crippen molar-refractivity contribution in [1.82, 2.24) is 25.3 Å². The normalized spacial score (nSPS) is 20.6. The summed E-state index contributed by atoms with van der Waals surface area (Å²) >= 11 is 0. The molecule has 1 N–H and O–H groups in total. The van der Waals surface area contributed by atoms with Crippen molar-refractivity contribution in [3.05, 3.63) is 29.8 Å². The number of aromatic nitrogens is 3. The third kappa shape index (κ3) is 2.50. The van der Waals surface area contributed by atoms with Crippen LogP contribution in [-0.4, -0.2) is 46.7 Å². The topological polar surface area (TPSA) is 67.1 Å². The minimum Gasteiger partial charge on any atom is -0.334 e. The van der Waals surface area contributed by atoms with Gasteiger partial charge in [-0.25, -0.2) is 0 Å². The molecule has 1 fully saturated rings. The van der Waals surface area contributed by atoms with Gasteiger partial charge in [0.25, 0.3) is 5.89 Å². The Morgan fingerprint density at radius 2 is 2.32 bits per heavy atom. The molecule has 100 valence electrons. The summed E-state index contributed by atoms with van der Waals surface area (Å²) in [5.41, 5.74) is 1.94. The van der Waals surface area contributed by atoms with Crippen LogP contribution in [0.4, 0.5) is 0 Å². The lowest BCUT2D eigenvalue weighted by Gasteiger charge is -2.30. The number of nitrogens with one attached hydrogen (secondary N) is 1. The molecule has 0 bridgehead atoms. The van der Waals surface area contributed by atoms with Crippen molar-refractivity contribution in [3.63, 3.8) is 0 Å². The second-order valence-electron chi connectivity index (χ2n) is 4.91. The van der Waals surface area contributed by atoms with E-state index >= 15 is 0 Å². The van der Waals surface area contributed by atoms with Gasteiger partial charge in [0.15, 0.2) is 5.82 Å². The van der Waals surface area contributed by atoms with Crippen molar-refractivity contribution in [3.8, 4) is 11.5 Å². The van der Waals surface area contributed by atoms with E-state index < -0.39 is 0 Å². The Morgan fingerprint density at radius 3 is 3.11 bits per heavy atom. The maximum atomic E-state index is 5.35. The summed E-state index contributed by atoms with van der Waals surface area (Å²) in [6, 6.07) is 2.16. The Bertz CT molecular complexity index is 568. The third-order valence-corrected chi connectivity index (χ3v) is 3.37. The first-order valence-electron chi connectivity index (χ1n) is 6.40. The maximum absolute atomic E-state index is 5.35. The number of hydrogen-bond donors (Lipinski definition) is 1. The van der Waals surface area contributed by atoms with Crippen molar-refractivity contribution >= 4 is 0 Å². The molecular weight excluding hydrogens is 242 g/mol. The summed E-state index contributed by atoms with van der Waals surface area (Å²) in [5.74, 6) is 1.26. The van der Waals surface area contributed by atoms with Crippen LogP contribution in [0, 0.1) is 6.92 Å². The first kappa shape index (κ1) is 12.3. The van der Waals surface area contributed by atoms with E-state index in [-0.39, 0.29) is 6.04 Å². The second kappa shape index (κ2) is 5.07. The van der Waals surface area contributed by atoms with Crippen LogP contribution in [-0.2, 0) is 0 Å².